The molecule has 0 N–H and O–H groups in total. The van der Waals surface area contributed by atoms with Gasteiger partial charge in [-0.25, -0.2) is 9.78 Å². The minimum absolute atomic E-state index is 0.342. The first-order chi connectivity index (χ1) is 7.70. The third-order valence-corrected chi connectivity index (χ3v) is 2.38. The van der Waals surface area contributed by atoms with Crippen LogP contribution < -0.4 is 0 Å². The molecule has 0 bridgehead atoms. The van der Waals surface area contributed by atoms with Gasteiger partial charge >= 0.3 is 5.97 Å². The van der Waals surface area contributed by atoms with Crippen molar-refractivity contribution in [3.63, 3.8) is 0 Å². The highest BCUT2D eigenvalue weighted by Crippen LogP contribution is 2.17. The van der Waals surface area contributed by atoms with Gasteiger partial charge in [0.05, 0.1) is 17.7 Å². The Morgan fingerprint density at radius 2 is 2.12 bits per heavy atom. The van der Waals surface area contributed by atoms with Crippen molar-refractivity contribution in [2.24, 2.45) is 0 Å². The average Bonchev–Trinajstić information content (AvgIpc) is 2.28. The van der Waals surface area contributed by atoms with Crippen LogP contribution in [0.1, 0.15) is 17.3 Å². The third kappa shape index (κ3) is 2.14. The Hall–Kier alpha value is -1.61. The molecule has 0 saturated heterocycles. The van der Waals surface area contributed by atoms with E-state index in [0.717, 1.165) is 5.39 Å². The van der Waals surface area contributed by atoms with Gasteiger partial charge in [0, 0.05) is 5.39 Å². The molecule has 0 saturated carbocycles. The Morgan fingerprint density at radius 3 is 2.88 bits per heavy atom. The quantitative estimate of drug-likeness (QED) is 0.593. The first kappa shape index (κ1) is 10.9. The molecule has 0 radical (unpaired) electrons. The molecule has 1 aromatic heterocycles. The van der Waals surface area contributed by atoms with E-state index in [4.69, 9.17) is 16.3 Å². The van der Waals surface area contributed by atoms with Crippen LogP contribution >= 0.6 is 11.6 Å². The van der Waals surface area contributed by atoms with E-state index in [1.165, 1.54) is 0 Å². The minimum Gasteiger partial charge on any atom is -0.462 e. The fraction of sp³-hybridized carbons (Fsp3) is 0.167. The van der Waals surface area contributed by atoms with E-state index in [-0.39, 0.29) is 5.97 Å². The number of nitrogens with zero attached hydrogens (tertiary/aromatic N) is 1. The Kier molecular flexibility index (Phi) is 3.06. The molecule has 2 rings (SSSR count). The van der Waals surface area contributed by atoms with Crippen LogP contribution in [0.15, 0.2) is 30.3 Å². The highest BCUT2D eigenvalue weighted by atomic mass is 35.5. The first-order valence-corrected chi connectivity index (χ1v) is 5.32. The summed E-state index contributed by atoms with van der Waals surface area (Å²) in [5.41, 5.74) is 1.18. The number of pyridine rings is 1. The van der Waals surface area contributed by atoms with Crippen LogP contribution in [-0.4, -0.2) is 17.6 Å². The van der Waals surface area contributed by atoms with Crippen molar-refractivity contribution in [3.8, 4) is 0 Å². The van der Waals surface area contributed by atoms with E-state index >= 15 is 0 Å². The lowest BCUT2D eigenvalue weighted by atomic mass is 10.1. The number of benzene rings is 1. The molecular formula is C12H10ClNO2. The SMILES string of the molecule is CCOC(=O)c1ccc2ccc(Cl)nc2c1. The van der Waals surface area contributed by atoms with Gasteiger partial charge in [-0.2, -0.15) is 0 Å². The van der Waals surface area contributed by atoms with Crippen LogP contribution in [0.3, 0.4) is 0 Å². The van der Waals surface area contributed by atoms with Crippen LogP contribution in [0.2, 0.25) is 5.15 Å². The molecule has 16 heavy (non-hydrogen) atoms. The topological polar surface area (TPSA) is 39.2 Å². The number of aromatic nitrogens is 1. The maximum Gasteiger partial charge on any atom is 0.338 e. The molecule has 0 amide bonds. The molecule has 0 spiro atoms. The fourth-order valence-corrected chi connectivity index (χ4v) is 1.59. The summed E-state index contributed by atoms with van der Waals surface area (Å²) < 4.78 is 4.91. The number of carbonyl (C=O) groups excluding carboxylic acids is 1. The highest BCUT2D eigenvalue weighted by molar-refractivity contribution is 6.29. The standard InChI is InChI=1S/C12H10ClNO2/c1-2-16-12(15)9-4-3-8-5-6-11(13)14-10(8)7-9/h3-7H,2H2,1H3. The third-order valence-electron chi connectivity index (χ3n) is 2.17. The van der Waals surface area contributed by atoms with E-state index in [9.17, 15) is 4.79 Å². The highest BCUT2D eigenvalue weighted by Gasteiger charge is 2.07. The first-order valence-electron chi connectivity index (χ1n) is 4.94. The molecular weight excluding hydrogens is 226 g/mol. The zero-order valence-corrected chi connectivity index (χ0v) is 9.49. The predicted octanol–water partition coefficient (Wildman–Crippen LogP) is 3.06. The summed E-state index contributed by atoms with van der Waals surface area (Å²) in [6.45, 7) is 2.13. The van der Waals surface area contributed by atoms with Crippen LogP contribution in [0.5, 0.6) is 0 Å². The normalized spacial score (nSPS) is 10.4. The van der Waals surface area contributed by atoms with Crippen molar-refractivity contribution < 1.29 is 9.53 Å². The van der Waals surface area contributed by atoms with Crippen molar-refractivity contribution >= 4 is 28.5 Å². The Morgan fingerprint density at radius 1 is 1.38 bits per heavy atom. The van der Waals surface area contributed by atoms with E-state index in [1.807, 2.05) is 12.1 Å². The van der Waals surface area contributed by atoms with Gasteiger partial charge in [-0.15, -0.1) is 0 Å². The number of fused-ring (bicyclic) bond motifs is 1. The van der Waals surface area contributed by atoms with Gasteiger partial charge in [-0.1, -0.05) is 17.7 Å². The number of carbonyl (C=O) groups is 1. The molecule has 2 aromatic rings. The van der Waals surface area contributed by atoms with Crippen molar-refractivity contribution in [2.75, 3.05) is 6.61 Å². The van der Waals surface area contributed by atoms with Gasteiger partial charge in [-0.05, 0) is 31.2 Å². The molecule has 0 aliphatic carbocycles. The lowest BCUT2D eigenvalue weighted by Crippen LogP contribution is -2.04. The van der Waals surface area contributed by atoms with Gasteiger partial charge in [0.25, 0.3) is 0 Å². The number of rotatable bonds is 2. The zero-order valence-electron chi connectivity index (χ0n) is 8.74. The van der Waals surface area contributed by atoms with Gasteiger partial charge in [0.2, 0.25) is 0 Å². The molecule has 0 fully saturated rings. The molecule has 1 heterocycles. The fourth-order valence-electron chi connectivity index (χ4n) is 1.43. The summed E-state index contributed by atoms with van der Waals surface area (Å²) in [5.74, 6) is -0.342. The summed E-state index contributed by atoms with van der Waals surface area (Å²) in [5, 5.41) is 1.35. The Labute approximate surface area is 98.0 Å². The molecule has 0 unspecified atom stereocenters. The van der Waals surface area contributed by atoms with Crippen molar-refractivity contribution in [1.29, 1.82) is 0 Å². The van der Waals surface area contributed by atoms with Crippen molar-refractivity contribution in [3.05, 3.63) is 41.0 Å². The van der Waals surface area contributed by atoms with Crippen molar-refractivity contribution in [2.45, 2.75) is 6.92 Å². The molecule has 4 heteroatoms. The second-order valence-corrected chi connectivity index (χ2v) is 3.65. The second kappa shape index (κ2) is 4.49. The minimum atomic E-state index is -0.342. The Balaban J connectivity index is 2.46. The lowest BCUT2D eigenvalue weighted by molar-refractivity contribution is 0.0526. The van der Waals surface area contributed by atoms with Gasteiger partial charge in [-0.3, -0.25) is 0 Å². The molecule has 0 atom stereocenters. The molecule has 3 nitrogen and oxygen atoms in total. The Bertz CT molecular complexity index is 540. The number of hydrogen-bond acceptors (Lipinski definition) is 3. The van der Waals surface area contributed by atoms with Crippen LogP contribution in [0.4, 0.5) is 0 Å². The number of hydrogen-bond donors (Lipinski definition) is 0. The zero-order chi connectivity index (χ0) is 11.5. The summed E-state index contributed by atoms with van der Waals surface area (Å²) >= 11 is 5.78. The van der Waals surface area contributed by atoms with Crippen molar-refractivity contribution in [1.82, 2.24) is 4.98 Å². The van der Waals surface area contributed by atoms with E-state index in [1.54, 1.807) is 25.1 Å². The summed E-state index contributed by atoms with van der Waals surface area (Å²) in [7, 11) is 0. The number of esters is 1. The summed E-state index contributed by atoms with van der Waals surface area (Å²) in [6.07, 6.45) is 0. The number of ether oxygens (including phenoxy) is 1. The molecule has 82 valence electrons. The maximum absolute atomic E-state index is 11.5. The largest absolute Gasteiger partial charge is 0.462 e. The predicted molar refractivity (Wildman–Crippen MR) is 62.7 cm³/mol. The monoisotopic (exact) mass is 235 g/mol. The van der Waals surface area contributed by atoms with Gasteiger partial charge in [0.1, 0.15) is 5.15 Å². The molecule has 0 aliphatic heterocycles. The summed E-state index contributed by atoms with van der Waals surface area (Å²) in [6, 6.07) is 8.80. The van der Waals surface area contributed by atoms with Crippen LogP contribution in [0.25, 0.3) is 10.9 Å². The van der Waals surface area contributed by atoms with Gasteiger partial charge in [0.15, 0.2) is 0 Å². The smallest absolute Gasteiger partial charge is 0.338 e. The van der Waals surface area contributed by atoms with Crippen LogP contribution in [-0.2, 0) is 4.74 Å². The maximum atomic E-state index is 11.5. The average molecular weight is 236 g/mol. The molecule has 0 aliphatic rings. The van der Waals surface area contributed by atoms with E-state index < -0.39 is 0 Å². The number of halogens is 1. The molecule has 1 aromatic carbocycles. The van der Waals surface area contributed by atoms with E-state index in [0.29, 0.717) is 22.8 Å². The van der Waals surface area contributed by atoms with E-state index in [2.05, 4.69) is 4.98 Å². The van der Waals surface area contributed by atoms with Crippen LogP contribution in [0, 0.1) is 0 Å². The second-order valence-electron chi connectivity index (χ2n) is 3.26. The lowest BCUT2D eigenvalue weighted by Gasteiger charge is -2.03. The summed E-state index contributed by atoms with van der Waals surface area (Å²) in [4.78, 5) is 15.6. The van der Waals surface area contributed by atoms with Gasteiger partial charge < -0.3 is 4.74 Å².